The van der Waals surface area contributed by atoms with Gasteiger partial charge in [0.2, 0.25) is 0 Å². The van der Waals surface area contributed by atoms with Gasteiger partial charge in [0.1, 0.15) is 0 Å². The van der Waals surface area contributed by atoms with Crippen LogP contribution in [-0.2, 0) is 10.3 Å². The topological polar surface area (TPSA) is 63.2 Å². The predicted molar refractivity (Wildman–Crippen MR) is 115 cm³/mol. The molecule has 148 valence electrons. The lowest BCUT2D eigenvalue weighted by atomic mass is 9.89. The van der Waals surface area contributed by atoms with Crippen molar-refractivity contribution < 1.29 is 9.53 Å². The minimum Gasteiger partial charge on any atom is -0.379 e. The molecule has 1 saturated heterocycles. The maximum atomic E-state index is 12.7. The maximum Gasteiger partial charge on any atom is 0.320 e. The van der Waals surface area contributed by atoms with Gasteiger partial charge in [-0.2, -0.15) is 0 Å². The van der Waals surface area contributed by atoms with Crippen LogP contribution < -0.4 is 10.6 Å². The molecule has 29 heavy (non-hydrogen) atoms. The van der Waals surface area contributed by atoms with Gasteiger partial charge < -0.3 is 15.4 Å². The summed E-state index contributed by atoms with van der Waals surface area (Å²) >= 11 is 6.01. The summed E-state index contributed by atoms with van der Waals surface area (Å²) in [6.45, 7) is 3.00. The van der Waals surface area contributed by atoms with Crippen molar-refractivity contribution >= 4 is 23.3 Å². The highest BCUT2D eigenvalue weighted by atomic mass is 35.5. The quantitative estimate of drug-likeness (QED) is 0.628. The van der Waals surface area contributed by atoms with Crippen LogP contribution in [0.5, 0.6) is 0 Å². The average Bonchev–Trinajstić information content (AvgIpc) is 3.18. The number of urea groups is 1. The Kier molecular flexibility index (Phi) is 5.51. The lowest BCUT2D eigenvalue weighted by molar-refractivity contribution is 0.167. The van der Waals surface area contributed by atoms with E-state index in [4.69, 9.17) is 16.3 Å². The molecule has 1 aromatic heterocycles. The summed E-state index contributed by atoms with van der Waals surface area (Å²) in [5, 5.41) is 6.69. The molecule has 1 atom stereocenters. The van der Waals surface area contributed by atoms with E-state index in [2.05, 4.69) is 15.6 Å². The number of rotatable bonds is 4. The van der Waals surface area contributed by atoms with Crippen molar-refractivity contribution in [1.29, 1.82) is 0 Å². The van der Waals surface area contributed by atoms with Crippen molar-refractivity contribution in [3.63, 3.8) is 0 Å². The van der Waals surface area contributed by atoms with Gasteiger partial charge in [-0.05, 0) is 60.0 Å². The summed E-state index contributed by atoms with van der Waals surface area (Å²) in [5.74, 6) is 0. The van der Waals surface area contributed by atoms with Crippen molar-refractivity contribution in [3.05, 3.63) is 83.1 Å². The van der Waals surface area contributed by atoms with Crippen LogP contribution in [0.2, 0.25) is 5.02 Å². The van der Waals surface area contributed by atoms with E-state index in [1.807, 2.05) is 67.6 Å². The number of hydrogen-bond donors (Lipinski definition) is 2. The van der Waals surface area contributed by atoms with Crippen LogP contribution >= 0.6 is 11.6 Å². The minimum atomic E-state index is -0.552. The molecule has 1 unspecified atom stereocenters. The second-order valence-corrected chi connectivity index (χ2v) is 7.67. The molecule has 0 aliphatic carbocycles. The van der Waals surface area contributed by atoms with Gasteiger partial charge in [0, 0.05) is 35.6 Å². The smallest absolute Gasteiger partial charge is 0.320 e. The third-order valence-corrected chi connectivity index (χ3v) is 5.40. The van der Waals surface area contributed by atoms with Gasteiger partial charge in [-0.3, -0.25) is 4.98 Å². The van der Waals surface area contributed by atoms with Crippen molar-refractivity contribution in [2.45, 2.75) is 18.9 Å². The molecule has 0 spiro atoms. The molecule has 2 amide bonds. The van der Waals surface area contributed by atoms with Crippen molar-refractivity contribution in [2.75, 3.05) is 18.5 Å². The van der Waals surface area contributed by atoms with Gasteiger partial charge in [-0.15, -0.1) is 0 Å². The standard InChI is InChI=1S/C23H22ClN3O2/c1-16-14-18(10-12-25-16)17-2-8-21(9-3-17)26-22(28)27-23(11-13-29-15-23)19-4-6-20(24)7-5-19/h2-10,12,14H,11,13,15H2,1H3,(H2,26,27,28). The average molecular weight is 408 g/mol. The fourth-order valence-electron chi connectivity index (χ4n) is 3.58. The Morgan fingerprint density at radius 1 is 1.07 bits per heavy atom. The Bertz CT molecular complexity index is 997. The summed E-state index contributed by atoms with van der Waals surface area (Å²) in [6, 6.07) is 19.0. The van der Waals surface area contributed by atoms with Crippen molar-refractivity contribution in [1.82, 2.24) is 10.3 Å². The number of aryl methyl sites for hydroxylation is 1. The first kappa shape index (κ1) is 19.4. The van der Waals surface area contributed by atoms with E-state index < -0.39 is 5.54 Å². The normalized spacial score (nSPS) is 18.4. The van der Waals surface area contributed by atoms with Crippen LogP contribution in [0.25, 0.3) is 11.1 Å². The van der Waals surface area contributed by atoms with Crippen LogP contribution in [0.15, 0.2) is 66.9 Å². The van der Waals surface area contributed by atoms with E-state index in [0.717, 1.165) is 28.1 Å². The zero-order valence-electron chi connectivity index (χ0n) is 16.1. The Hall–Kier alpha value is -2.89. The fourth-order valence-corrected chi connectivity index (χ4v) is 3.71. The summed E-state index contributed by atoms with van der Waals surface area (Å²) in [7, 11) is 0. The number of anilines is 1. The molecule has 5 nitrogen and oxygen atoms in total. The SMILES string of the molecule is Cc1cc(-c2ccc(NC(=O)NC3(c4ccc(Cl)cc4)CCOC3)cc2)ccn1. The number of benzene rings is 2. The van der Waals surface area contributed by atoms with Gasteiger partial charge >= 0.3 is 6.03 Å². The summed E-state index contributed by atoms with van der Waals surface area (Å²) in [6.07, 6.45) is 2.51. The Morgan fingerprint density at radius 3 is 2.48 bits per heavy atom. The molecule has 4 rings (SSSR count). The number of carbonyl (C=O) groups is 1. The van der Waals surface area contributed by atoms with Gasteiger partial charge in [-0.1, -0.05) is 35.9 Å². The highest BCUT2D eigenvalue weighted by molar-refractivity contribution is 6.30. The van der Waals surface area contributed by atoms with E-state index in [-0.39, 0.29) is 6.03 Å². The molecule has 0 saturated carbocycles. The largest absolute Gasteiger partial charge is 0.379 e. The van der Waals surface area contributed by atoms with E-state index in [0.29, 0.717) is 24.7 Å². The predicted octanol–water partition coefficient (Wildman–Crippen LogP) is 5.15. The number of carbonyl (C=O) groups excluding carboxylic acids is 1. The third kappa shape index (κ3) is 4.42. The number of ether oxygens (including phenoxy) is 1. The van der Waals surface area contributed by atoms with Crippen molar-refractivity contribution in [3.8, 4) is 11.1 Å². The lowest BCUT2D eigenvalue weighted by Gasteiger charge is -2.29. The van der Waals surface area contributed by atoms with Crippen LogP contribution in [0.3, 0.4) is 0 Å². The van der Waals surface area contributed by atoms with Crippen LogP contribution in [-0.4, -0.2) is 24.2 Å². The minimum absolute atomic E-state index is 0.266. The number of pyridine rings is 1. The molecule has 2 N–H and O–H groups in total. The second-order valence-electron chi connectivity index (χ2n) is 7.23. The molecule has 0 bridgehead atoms. The lowest BCUT2D eigenvalue weighted by Crippen LogP contribution is -2.48. The summed E-state index contributed by atoms with van der Waals surface area (Å²) in [4.78, 5) is 16.9. The maximum absolute atomic E-state index is 12.7. The molecule has 0 radical (unpaired) electrons. The van der Waals surface area contributed by atoms with Gasteiger partial charge in [0.05, 0.1) is 12.1 Å². The summed E-state index contributed by atoms with van der Waals surface area (Å²) < 4.78 is 5.59. The monoisotopic (exact) mass is 407 g/mol. The second kappa shape index (κ2) is 8.23. The fraction of sp³-hybridized carbons (Fsp3) is 0.217. The number of nitrogens with one attached hydrogen (secondary N) is 2. The highest BCUT2D eigenvalue weighted by Gasteiger charge is 2.38. The van der Waals surface area contributed by atoms with Gasteiger partial charge in [0.25, 0.3) is 0 Å². The Balaban J connectivity index is 1.46. The molecule has 3 aromatic rings. The van der Waals surface area contributed by atoms with E-state index in [9.17, 15) is 4.79 Å². The van der Waals surface area contributed by atoms with Crippen LogP contribution in [0.1, 0.15) is 17.7 Å². The molecule has 1 aliphatic rings. The molecule has 1 aliphatic heterocycles. The number of halogens is 1. The number of aromatic nitrogens is 1. The van der Waals surface area contributed by atoms with Gasteiger partial charge in [-0.25, -0.2) is 4.79 Å². The molecule has 2 heterocycles. The highest BCUT2D eigenvalue weighted by Crippen LogP contribution is 2.31. The van der Waals surface area contributed by atoms with Crippen LogP contribution in [0, 0.1) is 6.92 Å². The first-order valence-corrected chi connectivity index (χ1v) is 9.88. The third-order valence-electron chi connectivity index (χ3n) is 5.14. The first-order chi connectivity index (χ1) is 14.0. The van der Waals surface area contributed by atoms with E-state index in [1.165, 1.54) is 0 Å². The molecule has 1 fully saturated rings. The van der Waals surface area contributed by atoms with Gasteiger partial charge in [0.15, 0.2) is 0 Å². The zero-order chi connectivity index (χ0) is 20.3. The zero-order valence-corrected chi connectivity index (χ0v) is 16.9. The number of nitrogens with zero attached hydrogens (tertiary/aromatic N) is 1. The van der Waals surface area contributed by atoms with Crippen LogP contribution in [0.4, 0.5) is 10.5 Å². The molecule has 6 heteroatoms. The Morgan fingerprint density at radius 2 is 1.83 bits per heavy atom. The van der Waals surface area contributed by atoms with E-state index in [1.54, 1.807) is 6.20 Å². The van der Waals surface area contributed by atoms with Crippen molar-refractivity contribution in [2.24, 2.45) is 0 Å². The number of hydrogen-bond acceptors (Lipinski definition) is 3. The molecular weight excluding hydrogens is 386 g/mol. The molecule has 2 aromatic carbocycles. The summed E-state index contributed by atoms with van der Waals surface area (Å²) in [5.41, 5.74) is 4.29. The Labute approximate surface area is 175 Å². The first-order valence-electron chi connectivity index (χ1n) is 9.50. The van der Waals surface area contributed by atoms with E-state index >= 15 is 0 Å². The molecular formula is C23H22ClN3O2. The number of amides is 2.